The number of benzene rings is 1. The topological polar surface area (TPSA) is 12.0 Å². The molecule has 1 saturated carbocycles. The summed E-state index contributed by atoms with van der Waals surface area (Å²) in [6.45, 7) is 2.88. The first kappa shape index (κ1) is 16.3. The first-order valence-corrected chi connectivity index (χ1v) is 7.51. The fraction of sp³-hybridized carbons (Fsp3) is 0.625. The van der Waals surface area contributed by atoms with E-state index >= 15 is 0 Å². The van der Waals surface area contributed by atoms with Crippen LogP contribution in [0.2, 0.25) is 0 Å². The zero-order chi connectivity index (χ0) is 15.5. The molecular formula is C16H21F4N. The minimum Gasteiger partial charge on any atom is -0.314 e. The van der Waals surface area contributed by atoms with E-state index < -0.39 is 17.6 Å². The van der Waals surface area contributed by atoms with Crippen LogP contribution in [0.25, 0.3) is 0 Å². The Kier molecular flexibility index (Phi) is 5.25. The Morgan fingerprint density at radius 2 is 1.90 bits per heavy atom. The molecule has 0 bridgehead atoms. The second kappa shape index (κ2) is 6.77. The van der Waals surface area contributed by atoms with Gasteiger partial charge in [-0.2, -0.15) is 13.2 Å². The van der Waals surface area contributed by atoms with Gasteiger partial charge in [0.25, 0.3) is 0 Å². The van der Waals surface area contributed by atoms with Gasteiger partial charge < -0.3 is 5.32 Å². The molecule has 0 saturated heterocycles. The highest BCUT2D eigenvalue weighted by Gasteiger charge is 2.35. The number of hydrogen-bond donors (Lipinski definition) is 1. The van der Waals surface area contributed by atoms with Gasteiger partial charge in [-0.05, 0) is 49.4 Å². The van der Waals surface area contributed by atoms with Crippen LogP contribution in [0.1, 0.15) is 56.1 Å². The minimum atomic E-state index is -4.63. The standard InChI is InChI=1S/C16H21F4N/c1-2-21-13-6-4-3-5-11(9-13)12-7-8-15(17)14(10-12)16(18,19)20/h7-8,10-11,13,21H,2-6,9H2,1H3. The number of hydrogen-bond acceptors (Lipinski definition) is 1. The highest BCUT2D eigenvalue weighted by Crippen LogP contribution is 2.37. The summed E-state index contributed by atoms with van der Waals surface area (Å²) >= 11 is 0. The van der Waals surface area contributed by atoms with Crippen LogP contribution in [-0.2, 0) is 6.18 Å². The van der Waals surface area contributed by atoms with Crippen LogP contribution >= 0.6 is 0 Å². The van der Waals surface area contributed by atoms with Gasteiger partial charge in [-0.15, -0.1) is 0 Å². The summed E-state index contributed by atoms with van der Waals surface area (Å²) in [5.41, 5.74) is -0.544. The van der Waals surface area contributed by atoms with Crippen molar-refractivity contribution in [1.82, 2.24) is 5.32 Å². The van der Waals surface area contributed by atoms with Gasteiger partial charge >= 0.3 is 6.18 Å². The fourth-order valence-electron chi connectivity index (χ4n) is 3.15. The lowest BCUT2D eigenvalue weighted by molar-refractivity contribution is -0.140. The molecule has 1 aromatic carbocycles. The molecule has 2 rings (SSSR count). The number of alkyl halides is 3. The van der Waals surface area contributed by atoms with Gasteiger partial charge in [-0.3, -0.25) is 0 Å². The Labute approximate surface area is 122 Å². The summed E-state index contributed by atoms with van der Waals surface area (Å²) < 4.78 is 51.8. The van der Waals surface area contributed by atoms with E-state index in [1.165, 1.54) is 6.07 Å². The smallest absolute Gasteiger partial charge is 0.314 e. The summed E-state index contributed by atoms with van der Waals surface area (Å²) in [6, 6.07) is 3.78. The molecule has 2 unspecified atom stereocenters. The zero-order valence-electron chi connectivity index (χ0n) is 12.1. The predicted molar refractivity (Wildman–Crippen MR) is 74.7 cm³/mol. The summed E-state index contributed by atoms with van der Waals surface area (Å²) in [6.07, 6.45) is 0.192. The lowest BCUT2D eigenvalue weighted by Gasteiger charge is -2.22. The summed E-state index contributed by atoms with van der Waals surface area (Å²) in [5, 5.41) is 3.38. The molecule has 2 atom stereocenters. The molecule has 1 nitrogen and oxygen atoms in total. The van der Waals surface area contributed by atoms with Crippen LogP contribution in [0, 0.1) is 5.82 Å². The zero-order valence-corrected chi connectivity index (χ0v) is 12.1. The molecule has 0 amide bonds. The summed E-state index contributed by atoms with van der Waals surface area (Å²) in [4.78, 5) is 0. The second-order valence-corrected chi connectivity index (χ2v) is 5.71. The van der Waals surface area contributed by atoms with Crippen molar-refractivity contribution in [3.8, 4) is 0 Å². The summed E-state index contributed by atoms with van der Waals surface area (Å²) in [7, 11) is 0. The SMILES string of the molecule is CCNC1CCCCC(c2ccc(F)c(C(F)(F)F)c2)C1. The average molecular weight is 303 g/mol. The highest BCUT2D eigenvalue weighted by molar-refractivity contribution is 5.30. The van der Waals surface area contributed by atoms with Crippen LogP contribution < -0.4 is 5.32 Å². The fourth-order valence-corrected chi connectivity index (χ4v) is 3.15. The van der Waals surface area contributed by atoms with Gasteiger partial charge in [-0.1, -0.05) is 25.8 Å². The van der Waals surface area contributed by atoms with E-state index in [9.17, 15) is 17.6 Å². The largest absolute Gasteiger partial charge is 0.419 e. The molecular weight excluding hydrogens is 282 g/mol. The number of nitrogens with one attached hydrogen (secondary N) is 1. The molecule has 1 aliphatic rings. The van der Waals surface area contributed by atoms with E-state index in [1.54, 1.807) is 0 Å². The molecule has 21 heavy (non-hydrogen) atoms. The van der Waals surface area contributed by atoms with E-state index in [4.69, 9.17) is 0 Å². The molecule has 0 spiro atoms. The molecule has 0 heterocycles. The van der Waals surface area contributed by atoms with Gasteiger partial charge in [0.05, 0.1) is 5.56 Å². The third kappa shape index (κ3) is 4.19. The number of halogens is 4. The Morgan fingerprint density at radius 3 is 2.57 bits per heavy atom. The van der Waals surface area contributed by atoms with E-state index in [1.807, 2.05) is 6.92 Å². The Hall–Kier alpha value is -1.10. The lowest BCUT2D eigenvalue weighted by atomic mass is 9.89. The predicted octanol–water partition coefficient (Wildman–Crippen LogP) is 4.87. The minimum absolute atomic E-state index is 0.0678. The Balaban J connectivity index is 2.23. The van der Waals surface area contributed by atoms with Gasteiger partial charge in [0.15, 0.2) is 0 Å². The maximum Gasteiger partial charge on any atom is 0.419 e. The van der Waals surface area contributed by atoms with Crippen molar-refractivity contribution >= 4 is 0 Å². The van der Waals surface area contributed by atoms with Crippen molar-refractivity contribution in [3.05, 3.63) is 35.1 Å². The first-order chi connectivity index (χ1) is 9.91. The van der Waals surface area contributed by atoms with Gasteiger partial charge in [0.1, 0.15) is 5.82 Å². The third-order valence-electron chi connectivity index (χ3n) is 4.18. The molecule has 1 fully saturated rings. The van der Waals surface area contributed by atoms with E-state index in [-0.39, 0.29) is 5.92 Å². The van der Waals surface area contributed by atoms with Gasteiger partial charge in [-0.25, -0.2) is 4.39 Å². The molecule has 0 aliphatic heterocycles. The quantitative estimate of drug-likeness (QED) is 0.620. The lowest BCUT2D eigenvalue weighted by Crippen LogP contribution is -2.29. The van der Waals surface area contributed by atoms with Crippen molar-refractivity contribution in [2.75, 3.05) is 6.54 Å². The Morgan fingerprint density at radius 1 is 1.19 bits per heavy atom. The number of rotatable bonds is 3. The van der Waals surface area contributed by atoms with Crippen molar-refractivity contribution in [2.45, 2.75) is 57.2 Å². The summed E-state index contributed by atoms with van der Waals surface area (Å²) in [5.74, 6) is -1.12. The van der Waals surface area contributed by atoms with E-state index in [0.717, 1.165) is 50.8 Å². The normalized spacial score (nSPS) is 23.9. The molecule has 0 radical (unpaired) electrons. The molecule has 1 N–H and O–H groups in total. The molecule has 1 aliphatic carbocycles. The van der Waals surface area contributed by atoms with Crippen molar-refractivity contribution in [3.63, 3.8) is 0 Å². The van der Waals surface area contributed by atoms with Crippen molar-refractivity contribution < 1.29 is 17.6 Å². The maximum atomic E-state index is 13.4. The van der Waals surface area contributed by atoms with Gasteiger partial charge in [0.2, 0.25) is 0 Å². The van der Waals surface area contributed by atoms with E-state index in [2.05, 4.69) is 5.32 Å². The average Bonchev–Trinajstić information content (AvgIpc) is 2.64. The molecule has 118 valence electrons. The van der Waals surface area contributed by atoms with Crippen LogP contribution in [-0.4, -0.2) is 12.6 Å². The Bertz CT molecular complexity index is 470. The van der Waals surface area contributed by atoms with Crippen LogP contribution in [0.4, 0.5) is 17.6 Å². The molecule has 5 heteroatoms. The van der Waals surface area contributed by atoms with Crippen molar-refractivity contribution in [1.29, 1.82) is 0 Å². The van der Waals surface area contributed by atoms with Crippen molar-refractivity contribution in [2.24, 2.45) is 0 Å². The highest BCUT2D eigenvalue weighted by atomic mass is 19.4. The third-order valence-corrected chi connectivity index (χ3v) is 4.18. The molecule has 1 aromatic rings. The van der Waals surface area contributed by atoms with E-state index in [0.29, 0.717) is 11.6 Å². The van der Waals surface area contributed by atoms with Gasteiger partial charge in [0, 0.05) is 6.04 Å². The maximum absolute atomic E-state index is 13.4. The second-order valence-electron chi connectivity index (χ2n) is 5.71. The van der Waals surface area contributed by atoms with Crippen LogP contribution in [0.5, 0.6) is 0 Å². The first-order valence-electron chi connectivity index (χ1n) is 7.51. The molecule has 0 aromatic heterocycles. The monoisotopic (exact) mass is 303 g/mol. The van der Waals surface area contributed by atoms with Crippen LogP contribution in [0.3, 0.4) is 0 Å². The van der Waals surface area contributed by atoms with Crippen LogP contribution in [0.15, 0.2) is 18.2 Å².